The Morgan fingerprint density at radius 2 is 1.79 bits per heavy atom. The molecular formula is C12H12N2O3S2. The van der Waals surface area contributed by atoms with Crippen LogP contribution in [0.4, 0.5) is 0 Å². The first-order valence-electron chi connectivity index (χ1n) is 5.33. The van der Waals surface area contributed by atoms with Gasteiger partial charge in [-0.25, -0.2) is 13.6 Å². The van der Waals surface area contributed by atoms with E-state index < -0.39 is 15.9 Å². The lowest BCUT2D eigenvalue weighted by Gasteiger charge is -2.05. The van der Waals surface area contributed by atoms with Crippen molar-refractivity contribution in [3.05, 3.63) is 40.1 Å². The summed E-state index contributed by atoms with van der Waals surface area (Å²) in [4.78, 5) is 11.8. The summed E-state index contributed by atoms with van der Waals surface area (Å²) in [5.41, 5.74) is 6.36. The standard InChI is InChI=1S/C12H12N2O3S2/c1-7-9(8-5-3-2-4-6-8)11(19(14,16)17)10(18-7)12(13)15/h2-6H,1H3,(H2,13,15)(H2,14,16,17). The third kappa shape index (κ3) is 2.53. The first-order chi connectivity index (χ1) is 8.82. The highest BCUT2D eigenvalue weighted by Crippen LogP contribution is 2.38. The van der Waals surface area contributed by atoms with Crippen molar-refractivity contribution in [2.45, 2.75) is 11.8 Å². The minimum Gasteiger partial charge on any atom is -0.365 e. The van der Waals surface area contributed by atoms with Gasteiger partial charge in [-0.2, -0.15) is 0 Å². The van der Waals surface area contributed by atoms with Crippen molar-refractivity contribution in [3.63, 3.8) is 0 Å². The molecule has 7 heteroatoms. The molecule has 0 atom stereocenters. The molecular weight excluding hydrogens is 284 g/mol. The number of carbonyl (C=O) groups is 1. The van der Waals surface area contributed by atoms with Gasteiger partial charge >= 0.3 is 0 Å². The Labute approximate surface area is 114 Å². The largest absolute Gasteiger partial charge is 0.365 e. The Morgan fingerprint density at radius 3 is 2.26 bits per heavy atom. The SMILES string of the molecule is Cc1sc(C(N)=O)c(S(N)(=O)=O)c1-c1ccccc1. The maximum absolute atomic E-state index is 11.7. The van der Waals surface area contributed by atoms with Gasteiger partial charge in [-0.15, -0.1) is 11.3 Å². The van der Waals surface area contributed by atoms with Crippen LogP contribution in [0.25, 0.3) is 11.1 Å². The molecule has 0 aliphatic heterocycles. The third-order valence-electron chi connectivity index (χ3n) is 2.61. The average molecular weight is 296 g/mol. The van der Waals surface area contributed by atoms with Gasteiger partial charge in [-0.1, -0.05) is 30.3 Å². The number of rotatable bonds is 3. The number of carbonyl (C=O) groups excluding carboxylic acids is 1. The zero-order chi connectivity index (χ0) is 14.2. The molecule has 0 unspecified atom stereocenters. The molecule has 2 rings (SSSR count). The second-order valence-electron chi connectivity index (χ2n) is 3.97. The van der Waals surface area contributed by atoms with Crippen LogP contribution in [0.15, 0.2) is 35.2 Å². The molecule has 0 fully saturated rings. The molecule has 0 bridgehead atoms. The number of sulfonamides is 1. The number of benzene rings is 1. The fourth-order valence-electron chi connectivity index (χ4n) is 1.90. The molecule has 0 aliphatic rings. The first-order valence-corrected chi connectivity index (χ1v) is 7.70. The molecule has 5 nitrogen and oxygen atoms in total. The lowest BCUT2D eigenvalue weighted by molar-refractivity contribution is 0.100. The highest BCUT2D eigenvalue weighted by atomic mass is 32.2. The number of primary sulfonamides is 1. The Kier molecular flexibility index (Phi) is 3.44. The van der Waals surface area contributed by atoms with E-state index in [2.05, 4.69) is 0 Å². The second-order valence-corrected chi connectivity index (χ2v) is 6.69. The zero-order valence-corrected chi connectivity index (χ0v) is 11.7. The van der Waals surface area contributed by atoms with Crippen LogP contribution in [-0.2, 0) is 10.0 Å². The Bertz CT molecular complexity index is 734. The molecule has 100 valence electrons. The van der Waals surface area contributed by atoms with E-state index in [-0.39, 0.29) is 9.77 Å². The number of amides is 1. The number of aryl methyl sites for hydroxylation is 1. The predicted molar refractivity (Wildman–Crippen MR) is 74.4 cm³/mol. The smallest absolute Gasteiger partial charge is 0.260 e. The molecule has 1 amide bonds. The number of nitrogens with two attached hydrogens (primary N) is 2. The minimum absolute atomic E-state index is 0.0288. The van der Waals surface area contributed by atoms with E-state index in [1.165, 1.54) is 0 Å². The molecule has 0 saturated heterocycles. The Balaban J connectivity index is 2.86. The molecule has 2 aromatic rings. The summed E-state index contributed by atoms with van der Waals surface area (Å²) in [5.74, 6) is -0.792. The van der Waals surface area contributed by atoms with Crippen LogP contribution in [0.1, 0.15) is 14.5 Å². The minimum atomic E-state index is -4.03. The molecule has 0 spiro atoms. The van der Waals surface area contributed by atoms with Crippen molar-refractivity contribution in [2.24, 2.45) is 10.9 Å². The van der Waals surface area contributed by atoms with Crippen molar-refractivity contribution in [2.75, 3.05) is 0 Å². The van der Waals surface area contributed by atoms with Crippen molar-refractivity contribution in [1.82, 2.24) is 0 Å². The lowest BCUT2D eigenvalue weighted by atomic mass is 10.1. The van der Waals surface area contributed by atoms with Gasteiger partial charge in [-0.05, 0) is 12.5 Å². The van der Waals surface area contributed by atoms with E-state index in [0.29, 0.717) is 16.0 Å². The van der Waals surface area contributed by atoms with Gasteiger partial charge < -0.3 is 5.73 Å². The number of hydrogen-bond acceptors (Lipinski definition) is 4. The van der Waals surface area contributed by atoms with Gasteiger partial charge in [-0.3, -0.25) is 4.79 Å². The number of primary amides is 1. The van der Waals surface area contributed by atoms with E-state index in [4.69, 9.17) is 10.9 Å². The van der Waals surface area contributed by atoms with Crippen LogP contribution >= 0.6 is 11.3 Å². The van der Waals surface area contributed by atoms with Crippen LogP contribution in [0, 0.1) is 6.92 Å². The molecule has 1 aromatic heterocycles. The van der Waals surface area contributed by atoms with Gasteiger partial charge in [0.15, 0.2) is 0 Å². The van der Waals surface area contributed by atoms with Crippen molar-refractivity contribution >= 4 is 27.3 Å². The fourth-order valence-corrected chi connectivity index (χ4v) is 4.27. The van der Waals surface area contributed by atoms with Gasteiger partial charge in [0.25, 0.3) is 5.91 Å². The first kappa shape index (κ1) is 13.7. The van der Waals surface area contributed by atoms with E-state index in [0.717, 1.165) is 11.3 Å². The molecule has 1 heterocycles. The molecule has 0 aliphatic carbocycles. The van der Waals surface area contributed by atoms with Gasteiger partial charge in [0, 0.05) is 10.4 Å². The van der Waals surface area contributed by atoms with Gasteiger partial charge in [0.1, 0.15) is 9.77 Å². The van der Waals surface area contributed by atoms with E-state index in [9.17, 15) is 13.2 Å². The maximum Gasteiger partial charge on any atom is 0.260 e. The quantitative estimate of drug-likeness (QED) is 0.896. The van der Waals surface area contributed by atoms with Crippen LogP contribution < -0.4 is 10.9 Å². The van der Waals surface area contributed by atoms with Crippen molar-refractivity contribution in [1.29, 1.82) is 0 Å². The normalized spacial score (nSPS) is 11.5. The highest BCUT2D eigenvalue weighted by Gasteiger charge is 2.27. The topological polar surface area (TPSA) is 103 Å². The van der Waals surface area contributed by atoms with E-state index >= 15 is 0 Å². The monoisotopic (exact) mass is 296 g/mol. The number of hydrogen-bond donors (Lipinski definition) is 2. The molecule has 0 radical (unpaired) electrons. The summed E-state index contributed by atoms with van der Waals surface area (Å²) in [6.45, 7) is 1.73. The molecule has 19 heavy (non-hydrogen) atoms. The fraction of sp³-hybridized carbons (Fsp3) is 0.0833. The summed E-state index contributed by atoms with van der Waals surface area (Å²) in [6.07, 6.45) is 0. The van der Waals surface area contributed by atoms with Crippen LogP contribution in [0.2, 0.25) is 0 Å². The third-order valence-corrected chi connectivity index (χ3v) is 4.84. The molecule has 1 aromatic carbocycles. The summed E-state index contributed by atoms with van der Waals surface area (Å²) in [6, 6.07) is 8.90. The zero-order valence-electron chi connectivity index (χ0n) is 10.1. The summed E-state index contributed by atoms with van der Waals surface area (Å²) in [7, 11) is -4.03. The Morgan fingerprint density at radius 1 is 1.21 bits per heavy atom. The highest BCUT2D eigenvalue weighted by molar-refractivity contribution is 7.89. The summed E-state index contributed by atoms with van der Waals surface area (Å²) in [5, 5.41) is 5.22. The van der Waals surface area contributed by atoms with Crippen LogP contribution in [-0.4, -0.2) is 14.3 Å². The van der Waals surface area contributed by atoms with Crippen molar-refractivity contribution < 1.29 is 13.2 Å². The van der Waals surface area contributed by atoms with Crippen LogP contribution in [0.5, 0.6) is 0 Å². The van der Waals surface area contributed by atoms with E-state index in [1.54, 1.807) is 31.2 Å². The van der Waals surface area contributed by atoms with Gasteiger partial charge in [0.05, 0.1) is 0 Å². The number of thiophene rings is 1. The second kappa shape index (κ2) is 4.76. The average Bonchev–Trinajstić information content (AvgIpc) is 2.68. The summed E-state index contributed by atoms with van der Waals surface area (Å²) < 4.78 is 23.5. The van der Waals surface area contributed by atoms with Crippen LogP contribution in [0.3, 0.4) is 0 Å². The summed E-state index contributed by atoms with van der Waals surface area (Å²) >= 11 is 1.04. The molecule has 4 N–H and O–H groups in total. The maximum atomic E-state index is 11.7. The van der Waals surface area contributed by atoms with Crippen molar-refractivity contribution in [3.8, 4) is 11.1 Å². The predicted octanol–water partition coefficient (Wildman–Crippen LogP) is 1.47. The van der Waals surface area contributed by atoms with E-state index in [1.807, 2.05) is 6.07 Å². The Hall–Kier alpha value is -1.70. The van der Waals surface area contributed by atoms with Gasteiger partial charge in [0.2, 0.25) is 10.0 Å². The lowest BCUT2D eigenvalue weighted by Crippen LogP contribution is -2.19. The molecule has 0 saturated carbocycles.